The molecule has 0 saturated heterocycles. The zero-order valence-corrected chi connectivity index (χ0v) is 11.6. The number of aryl methyl sites for hydroxylation is 2. The number of hydrogen-bond donors (Lipinski definition) is 1. The fourth-order valence-corrected chi connectivity index (χ4v) is 2.18. The van der Waals surface area contributed by atoms with Gasteiger partial charge in [0.05, 0.1) is 0 Å². The number of likely N-dealkylation sites (N-methyl/N-ethyl adjacent to an activating group) is 1. The van der Waals surface area contributed by atoms with Gasteiger partial charge < -0.3 is 15.4 Å². The second-order valence-corrected chi connectivity index (χ2v) is 5.13. The Bertz CT molecular complexity index is 416. The van der Waals surface area contributed by atoms with E-state index in [4.69, 9.17) is 10.5 Å². The first-order valence-electron chi connectivity index (χ1n) is 6.62. The van der Waals surface area contributed by atoms with Crippen LogP contribution >= 0.6 is 0 Å². The zero-order valence-electron chi connectivity index (χ0n) is 11.6. The number of nitrogens with zero attached hydrogens (tertiary/aromatic N) is 2. The van der Waals surface area contributed by atoms with E-state index >= 15 is 0 Å². The van der Waals surface area contributed by atoms with Crippen LogP contribution in [0.15, 0.2) is 6.07 Å². The van der Waals surface area contributed by atoms with E-state index in [0.717, 1.165) is 29.4 Å². The lowest BCUT2D eigenvalue weighted by Crippen LogP contribution is -2.26. The summed E-state index contributed by atoms with van der Waals surface area (Å²) in [5.41, 5.74) is 8.93. The molecule has 0 aliphatic heterocycles. The third-order valence-electron chi connectivity index (χ3n) is 3.49. The Labute approximate surface area is 109 Å². The van der Waals surface area contributed by atoms with Gasteiger partial charge in [0.2, 0.25) is 5.88 Å². The Balaban J connectivity index is 1.94. The summed E-state index contributed by atoms with van der Waals surface area (Å²) in [6.45, 7) is 6.14. The third kappa shape index (κ3) is 3.21. The van der Waals surface area contributed by atoms with Crippen LogP contribution in [0.4, 0.5) is 0 Å². The largest absolute Gasteiger partial charge is 0.476 e. The van der Waals surface area contributed by atoms with Crippen molar-refractivity contribution in [3.63, 3.8) is 0 Å². The van der Waals surface area contributed by atoms with Crippen molar-refractivity contribution in [1.29, 1.82) is 0 Å². The molecule has 18 heavy (non-hydrogen) atoms. The van der Waals surface area contributed by atoms with Crippen molar-refractivity contribution in [3.8, 4) is 5.88 Å². The van der Waals surface area contributed by atoms with Gasteiger partial charge in [0.25, 0.3) is 0 Å². The molecule has 1 aliphatic carbocycles. The molecule has 1 fully saturated rings. The fourth-order valence-electron chi connectivity index (χ4n) is 2.18. The lowest BCUT2D eigenvalue weighted by molar-refractivity contribution is 0.224. The fraction of sp³-hybridized carbons (Fsp3) is 0.643. The van der Waals surface area contributed by atoms with Gasteiger partial charge in [0, 0.05) is 30.4 Å². The highest BCUT2D eigenvalue weighted by atomic mass is 16.5. The SMILES string of the molecule is Cc1cc(C)c(CN)c(OCCN(C)C2CC2)n1. The number of nitrogens with two attached hydrogens (primary N) is 1. The van der Waals surface area contributed by atoms with Crippen molar-refractivity contribution in [1.82, 2.24) is 9.88 Å². The summed E-state index contributed by atoms with van der Waals surface area (Å²) >= 11 is 0. The van der Waals surface area contributed by atoms with Crippen LogP contribution in [0.5, 0.6) is 5.88 Å². The molecular weight excluding hydrogens is 226 g/mol. The van der Waals surface area contributed by atoms with Crippen LogP contribution in [0.1, 0.15) is 29.7 Å². The van der Waals surface area contributed by atoms with Gasteiger partial charge >= 0.3 is 0 Å². The maximum Gasteiger partial charge on any atom is 0.218 e. The maximum atomic E-state index is 5.81. The summed E-state index contributed by atoms with van der Waals surface area (Å²) < 4.78 is 5.81. The first-order chi connectivity index (χ1) is 8.61. The van der Waals surface area contributed by atoms with E-state index in [1.165, 1.54) is 12.8 Å². The predicted molar refractivity (Wildman–Crippen MR) is 72.7 cm³/mol. The quantitative estimate of drug-likeness (QED) is 0.832. The Hall–Kier alpha value is -1.13. The molecule has 100 valence electrons. The molecule has 0 bridgehead atoms. The second-order valence-electron chi connectivity index (χ2n) is 5.13. The molecule has 1 heterocycles. The number of rotatable bonds is 6. The minimum absolute atomic E-state index is 0.479. The van der Waals surface area contributed by atoms with Crippen molar-refractivity contribution in [2.75, 3.05) is 20.2 Å². The molecule has 0 atom stereocenters. The van der Waals surface area contributed by atoms with E-state index in [2.05, 4.69) is 23.9 Å². The number of ether oxygens (including phenoxy) is 1. The predicted octanol–water partition coefficient (Wildman–Crippen LogP) is 1.63. The van der Waals surface area contributed by atoms with Crippen molar-refractivity contribution in [3.05, 3.63) is 22.9 Å². The van der Waals surface area contributed by atoms with Crippen LogP contribution in [-0.2, 0) is 6.54 Å². The van der Waals surface area contributed by atoms with Crippen molar-refractivity contribution < 1.29 is 4.74 Å². The molecule has 2 N–H and O–H groups in total. The molecule has 1 saturated carbocycles. The van der Waals surface area contributed by atoms with Gasteiger partial charge in [-0.05, 0) is 45.4 Å². The molecule has 0 unspecified atom stereocenters. The minimum atomic E-state index is 0.479. The summed E-state index contributed by atoms with van der Waals surface area (Å²) in [7, 11) is 2.15. The van der Waals surface area contributed by atoms with Crippen molar-refractivity contribution in [2.45, 2.75) is 39.3 Å². The van der Waals surface area contributed by atoms with Gasteiger partial charge in [0.1, 0.15) is 6.61 Å². The number of aromatic nitrogens is 1. The Morgan fingerprint density at radius 1 is 1.44 bits per heavy atom. The highest BCUT2D eigenvalue weighted by molar-refractivity contribution is 5.35. The summed E-state index contributed by atoms with van der Waals surface area (Å²) in [5.74, 6) is 0.708. The van der Waals surface area contributed by atoms with Crippen LogP contribution in [0.3, 0.4) is 0 Å². The summed E-state index contributed by atoms with van der Waals surface area (Å²) in [5, 5.41) is 0. The molecule has 0 spiro atoms. The second kappa shape index (κ2) is 5.67. The van der Waals surface area contributed by atoms with Gasteiger partial charge in [-0.2, -0.15) is 0 Å². The zero-order chi connectivity index (χ0) is 13.1. The third-order valence-corrected chi connectivity index (χ3v) is 3.49. The summed E-state index contributed by atoms with van der Waals surface area (Å²) in [6.07, 6.45) is 2.65. The highest BCUT2D eigenvalue weighted by Crippen LogP contribution is 2.25. The first-order valence-corrected chi connectivity index (χ1v) is 6.62. The van der Waals surface area contributed by atoms with E-state index in [0.29, 0.717) is 19.0 Å². The smallest absolute Gasteiger partial charge is 0.218 e. The summed E-state index contributed by atoms with van der Waals surface area (Å²) in [6, 6.07) is 2.82. The molecule has 0 aromatic carbocycles. The number of hydrogen-bond acceptors (Lipinski definition) is 4. The molecule has 1 aromatic rings. The molecule has 0 amide bonds. The first kappa shape index (κ1) is 13.3. The van der Waals surface area contributed by atoms with Gasteiger partial charge in [-0.15, -0.1) is 0 Å². The molecule has 1 aromatic heterocycles. The van der Waals surface area contributed by atoms with E-state index in [1.54, 1.807) is 0 Å². The number of pyridine rings is 1. The topological polar surface area (TPSA) is 51.4 Å². The monoisotopic (exact) mass is 249 g/mol. The Kier molecular flexibility index (Phi) is 4.19. The normalized spacial score (nSPS) is 15.2. The lowest BCUT2D eigenvalue weighted by Gasteiger charge is -2.17. The molecule has 1 aliphatic rings. The van der Waals surface area contributed by atoms with Crippen LogP contribution in [0, 0.1) is 13.8 Å². The van der Waals surface area contributed by atoms with E-state index in [1.807, 2.05) is 13.0 Å². The van der Waals surface area contributed by atoms with Crippen LogP contribution in [0.2, 0.25) is 0 Å². The maximum absolute atomic E-state index is 5.81. The summed E-state index contributed by atoms with van der Waals surface area (Å²) in [4.78, 5) is 6.79. The molecule has 4 heteroatoms. The van der Waals surface area contributed by atoms with E-state index < -0.39 is 0 Å². The van der Waals surface area contributed by atoms with Crippen LogP contribution in [0.25, 0.3) is 0 Å². The molecule has 4 nitrogen and oxygen atoms in total. The van der Waals surface area contributed by atoms with Gasteiger partial charge in [0.15, 0.2) is 0 Å². The standard InChI is InChI=1S/C14H23N3O/c1-10-8-11(2)16-14(13(10)9-15)18-7-6-17(3)12-4-5-12/h8,12H,4-7,9,15H2,1-3H3. The van der Waals surface area contributed by atoms with E-state index in [9.17, 15) is 0 Å². The highest BCUT2D eigenvalue weighted by Gasteiger charge is 2.25. The van der Waals surface area contributed by atoms with Gasteiger partial charge in [-0.1, -0.05) is 0 Å². The van der Waals surface area contributed by atoms with Gasteiger partial charge in [-0.25, -0.2) is 4.98 Å². The Morgan fingerprint density at radius 3 is 2.78 bits per heavy atom. The van der Waals surface area contributed by atoms with Crippen molar-refractivity contribution in [2.24, 2.45) is 5.73 Å². The minimum Gasteiger partial charge on any atom is -0.476 e. The van der Waals surface area contributed by atoms with Crippen molar-refractivity contribution >= 4 is 0 Å². The average Bonchev–Trinajstić information content (AvgIpc) is 3.12. The molecule has 2 rings (SSSR count). The molecular formula is C14H23N3O. The van der Waals surface area contributed by atoms with E-state index in [-0.39, 0.29) is 0 Å². The molecule has 0 radical (unpaired) electrons. The van der Waals surface area contributed by atoms with Gasteiger partial charge in [-0.3, -0.25) is 0 Å². The Morgan fingerprint density at radius 2 is 2.17 bits per heavy atom. The van der Waals surface area contributed by atoms with Crippen LogP contribution < -0.4 is 10.5 Å². The lowest BCUT2D eigenvalue weighted by atomic mass is 10.1. The van der Waals surface area contributed by atoms with Crippen LogP contribution in [-0.4, -0.2) is 36.1 Å². The average molecular weight is 249 g/mol.